The molecule has 0 aliphatic heterocycles. The number of amides is 1. The molecule has 0 aliphatic rings. The van der Waals surface area contributed by atoms with Gasteiger partial charge in [0, 0.05) is 0 Å². The van der Waals surface area contributed by atoms with Crippen molar-refractivity contribution in [2.75, 3.05) is 0 Å². The Hall–Kier alpha value is -1.61. The molecule has 0 unspecified atom stereocenters. The summed E-state index contributed by atoms with van der Waals surface area (Å²) in [6.45, 7) is 0. The monoisotopic (exact) mass is 217 g/mol. The Kier molecular flexibility index (Phi) is 2.83. The van der Waals surface area contributed by atoms with Crippen LogP contribution in [0.25, 0.3) is 0 Å². The van der Waals surface area contributed by atoms with E-state index in [9.17, 15) is 4.79 Å². The molecule has 0 spiro atoms. The molecule has 0 radical (unpaired) electrons. The Morgan fingerprint density at radius 3 is 2.60 bits per heavy atom. The van der Waals surface area contributed by atoms with Crippen LogP contribution in [0.1, 0.15) is 20.8 Å². The molecule has 0 aliphatic carbocycles. The average Bonchev–Trinajstić information content (AvgIpc) is 2.67. The Balaban J connectivity index is 2.25. The molecule has 1 aromatic heterocycles. The first-order valence-corrected chi connectivity index (χ1v) is 5.55. The quantitative estimate of drug-likeness (QED) is 0.843. The molecule has 1 heterocycles. The van der Waals surface area contributed by atoms with Crippen LogP contribution >= 0.6 is 11.3 Å². The molecule has 0 bridgehead atoms. The summed E-state index contributed by atoms with van der Waals surface area (Å²) >= 11 is 1.40. The minimum Gasteiger partial charge on any atom is -0.365 e. The fraction of sp³-hybridized carbons (Fsp3) is 0.0833. The van der Waals surface area contributed by atoms with E-state index in [2.05, 4.69) is 0 Å². The topological polar surface area (TPSA) is 43.1 Å². The highest BCUT2D eigenvalue weighted by Gasteiger charge is 2.09. The van der Waals surface area contributed by atoms with E-state index in [0.29, 0.717) is 4.88 Å². The lowest BCUT2D eigenvalue weighted by Gasteiger charge is -2.00. The van der Waals surface area contributed by atoms with Gasteiger partial charge in [-0.1, -0.05) is 30.3 Å². The van der Waals surface area contributed by atoms with Gasteiger partial charge in [0.05, 0.1) is 4.88 Å². The molecule has 0 saturated heterocycles. The summed E-state index contributed by atoms with van der Waals surface area (Å²) in [6, 6.07) is 12.0. The third-order valence-corrected chi connectivity index (χ3v) is 3.18. The van der Waals surface area contributed by atoms with Crippen molar-refractivity contribution in [2.45, 2.75) is 6.42 Å². The number of carbonyl (C=O) groups excluding carboxylic acids is 1. The number of hydrogen-bond donors (Lipinski definition) is 1. The highest BCUT2D eigenvalue weighted by molar-refractivity contribution is 7.12. The second-order valence-corrected chi connectivity index (χ2v) is 4.22. The molecular weight excluding hydrogens is 206 g/mol. The number of hydrogen-bond acceptors (Lipinski definition) is 2. The van der Waals surface area contributed by atoms with Crippen LogP contribution in [0.15, 0.2) is 41.8 Å². The highest BCUT2D eigenvalue weighted by Crippen LogP contribution is 2.19. The van der Waals surface area contributed by atoms with Gasteiger partial charge >= 0.3 is 0 Å². The molecular formula is C12H11NOS. The number of primary amides is 1. The van der Waals surface area contributed by atoms with Gasteiger partial charge in [0.25, 0.3) is 5.91 Å². The molecule has 76 valence electrons. The van der Waals surface area contributed by atoms with Crippen molar-refractivity contribution in [1.29, 1.82) is 0 Å². The third-order valence-electron chi connectivity index (χ3n) is 2.21. The summed E-state index contributed by atoms with van der Waals surface area (Å²) in [7, 11) is 0. The van der Waals surface area contributed by atoms with Gasteiger partial charge in [0.2, 0.25) is 0 Å². The molecule has 0 saturated carbocycles. The van der Waals surface area contributed by atoms with Gasteiger partial charge in [-0.05, 0) is 29.0 Å². The lowest BCUT2D eigenvalue weighted by Crippen LogP contribution is -2.11. The molecule has 2 nitrogen and oxygen atoms in total. The van der Waals surface area contributed by atoms with Crippen molar-refractivity contribution in [3.05, 3.63) is 57.8 Å². The fourth-order valence-electron chi connectivity index (χ4n) is 1.51. The van der Waals surface area contributed by atoms with Crippen molar-refractivity contribution in [1.82, 2.24) is 0 Å². The van der Waals surface area contributed by atoms with E-state index in [1.165, 1.54) is 16.9 Å². The molecule has 2 N–H and O–H groups in total. The molecule has 2 aromatic rings. The largest absolute Gasteiger partial charge is 0.365 e. The Morgan fingerprint density at radius 1 is 1.20 bits per heavy atom. The van der Waals surface area contributed by atoms with E-state index in [0.717, 1.165) is 12.0 Å². The second-order valence-electron chi connectivity index (χ2n) is 3.30. The Bertz CT molecular complexity index is 461. The standard InChI is InChI=1S/C12H11NOS/c13-12(14)11-10(6-7-15-11)8-9-4-2-1-3-5-9/h1-7H,8H2,(H2,13,14). The number of rotatable bonds is 3. The van der Waals surface area contributed by atoms with Crippen molar-refractivity contribution < 1.29 is 4.79 Å². The summed E-state index contributed by atoms with van der Waals surface area (Å²) in [5.74, 6) is -0.337. The molecule has 1 aromatic carbocycles. The van der Waals surface area contributed by atoms with Crippen LogP contribution in [0.4, 0.5) is 0 Å². The van der Waals surface area contributed by atoms with E-state index >= 15 is 0 Å². The Labute approximate surface area is 92.4 Å². The minimum atomic E-state index is -0.337. The van der Waals surface area contributed by atoms with Crippen molar-refractivity contribution in [3.8, 4) is 0 Å². The maximum Gasteiger partial charge on any atom is 0.259 e. The summed E-state index contributed by atoms with van der Waals surface area (Å²) in [5, 5.41) is 1.90. The van der Waals surface area contributed by atoms with Crippen molar-refractivity contribution in [3.63, 3.8) is 0 Å². The van der Waals surface area contributed by atoms with E-state index < -0.39 is 0 Å². The second kappa shape index (κ2) is 4.28. The van der Waals surface area contributed by atoms with Crippen molar-refractivity contribution in [2.24, 2.45) is 5.73 Å². The van der Waals surface area contributed by atoms with Gasteiger partial charge in [0.15, 0.2) is 0 Å². The molecule has 15 heavy (non-hydrogen) atoms. The predicted octanol–water partition coefficient (Wildman–Crippen LogP) is 2.44. The fourth-order valence-corrected chi connectivity index (χ4v) is 2.28. The van der Waals surface area contributed by atoms with Crippen LogP contribution in [0.5, 0.6) is 0 Å². The van der Waals surface area contributed by atoms with Crippen LogP contribution in [0, 0.1) is 0 Å². The van der Waals surface area contributed by atoms with Crippen molar-refractivity contribution >= 4 is 17.2 Å². The van der Waals surface area contributed by atoms with Gasteiger partial charge in [-0.2, -0.15) is 0 Å². The van der Waals surface area contributed by atoms with Crippen LogP contribution in [0.3, 0.4) is 0 Å². The number of benzene rings is 1. The van der Waals surface area contributed by atoms with Crippen LogP contribution in [-0.2, 0) is 6.42 Å². The minimum absolute atomic E-state index is 0.337. The number of thiophene rings is 1. The summed E-state index contributed by atoms with van der Waals surface area (Å²) in [5.41, 5.74) is 7.49. The molecule has 0 fully saturated rings. The summed E-state index contributed by atoms with van der Waals surface area (Å²) in [4.78, 5) is 11.8. The molecule has 3 heteroatoms. The molecule has 1 amide bonds. The Morgan fingerprint density at radius 2 is 1.93 bits per heavy atom. The van der Waals surface area contributed by atoms with Crippen LogP contribution in [-0.4, -0.2) is 5.91 Å². The SMILES string of the molecule is NC(=O)c1sccc1Cc1ccccc1. The van der Waals surface area contributed by atoms with Crippen LogP contribution < -0.4 is 5.73 Å². The summed E-state index contributed by atoms with van der Waals surface area (Å²) in [6.07, 6.45) is 0.766. The number of nitrogens with two attached hydrogens (primary N) is 1. The zero-order valence-electron chi connectivity index (χ0n) is 8.14. The average molecular weight is 217 g/mol. The lowest BCUT2D eigenvalue weighted by molar-refractivity contribution is 0.100. The molecule has 2 rings (SSSR count). The van der Waals surface area contributed by atoms with Gasteiger partial charge in [-0.3, -0.25) is 4.79 Å². The van der Waals surface area contributed by atoms with E-state index in [-0.39, 0.29) is 5.91 Å². The zero-order chi connectivity index (χ0) is 10.7. The van der Waals surface area contributed by atoms with Gasteiger partial charge in [-0.15, -0.1) is 11.3 Å². The van der Waals surface area contributed by atoms with Gasteiger partial charge < -0.3 is 5.73 Å². The van der Waals surface area contributed by atoms with E-state index in [1.54, 1.807) is 0 Å². The maximum atomic E-state index is 11.1. The lowest BCUT2D eigenvalue weighted by atomic mass is 10.1. The summed E-state index contributed by atoms with van der Waals surface area (Å²) < 4.78 is 0. The van der Waals surface area contributed by atoms with Gasteiger partial charge in [0.1, 0.15) is 0 Å². The highest BCUT2D eigenvalue weighted by atomic mass is 32.1. The van der Waals surface area contributed by atoms with E-state index in [1.807, 2.05) is 41.8 Å². The van der Waals surface area contributed by atoms with Gasteiger partial charge in [-0.25, -0.2) is 0 Å². The first-order chi connectivity index (χ1) is 7.27. The smallest absolute Gasteiger partial charge is 0.259 e. The predicted molar refractivity (Wildman–Crippen MR) is 62.1 cm³/mol. The number of carbonyl (C=O) groups is 1. The van der Waals surface area contributed by atoms with E-state index in [4.69, 9.17) is 5.73 Å². The third kappa shape index (κ3) is 2.25. The molecule has 0 atom stereocenters. The first-order valence-electron chi connectivity index (χ1n) is 4.67. The normalized spacial score (nSPS) is 10.1. The first kappa shape index (κ1) is 9.93. The van der Waals surface area contributed by atoms with Crippen LogP contribution in [0.2, 0.25) is 0 Å². The zero-order valence-corrected chi connectivity index (χ0v) is 8.96. The maximum absolute atomic E-state index is 11.1.